The van der Waals surface area contributed by atoms with Gasteiger partial charge in [0, 0.05) is 13.1 Å². The van der Waals surface area contributed by atoms with Crippen LogP contribution in [0.3, 0.4) is 0 Å². The number of para-hydroxylation sites is 3. The molecule has 0 bridgehead atoms. The Hall–Kier alpha value is -2.54. The van der Waals surface area contributed by atoms with Crippen molar-refractivity contribution in [2.75, 3.05) is 29.9 Å². The summed E-state index contributed by atoms with van der Waals surface area (Å²) in [5.74, 6) is 1.20. The summed E-state index contributed by atoms with van der Waals surface area (Å²) < 4.78 is 28.7. The number of hydrogen-bond donors (Lipinski definition) is 1. The summed E-state index contributed by atoms with van der Waals surface area (Å²) in [4.78, 5) is 13.8. The molecule has 1 N–H and O–H groups in total. The minimum absolute atomic E-state index is 0.00256. The number of ether oxygens (including phenoxy) is 1. The molecule has 2 aromatic rings. The lowest BCUT2D eigenvalue weighted by molar-refractivity contribution is 0.216. The summed E-state index contributed by atoms with van der Waals surface area (Å²) in [5.41, 5.74) is 0.541. The highest BCUT2D eigenvalue weighted by Crippen LogP contribution is 2.29. The van der Waals surface area contributed by atoms with Gasteiger partial charge >= 0.3 is 6.03 Å². The average Bonchev–Trinajstić information content (AvgIpc) is 2.57. The SMILES string of the molecule is O=C(Nc1ccccc1Oc1ccccc1)N1CCS(=O)(=O)CC1. The van der Waals surface area contributed by atoms with Crippen molar-refractivity contribution < 1.29 is 17.9 Å². The molecule has 2 aromatic carbocycles. The molecule has 0 aliphatic carbocycles. The second-order valence-corrected chi connectivity index (χ2v) is 7.78. The third kappa shape index (κ3) is 4.05. The molecule has 7 heteroatoms. The van der Waals surface area contributed by atoms with E-state index in [1.807, 2.05) is 36.4 Å². The summed E-state index contributed by atoms with van der Waals surface area (Å²) in [6.45, 7) is 0.408. The van der Waals surface area contributed by atoms with Gasteiger partial charge in [-0.3, -0.25) is 0 Å². The minimum Gasteiger partial charge on any atom is -0.455 e. The fourth-order valence-electron chi connectivity index (χ4n) is 2.38. The Morgan fingerprint density at radius 1 is 0.958 bits per heavy atom. The number of urea groups is 1. The first-order chi connectivity index (χ1) is 11.5. The fourth-order valence-corrected chi connectivity index (χ4v) is 3.59. The highest BCUT2D eigenvalue weighted by Gasteiger charge is 2.25. The predicted octanol–water partition coefficient (Wildman–Crippen LogP) is 2.74. The summed E-state index contributed by atoms with van der Waals surface area (Å²) in [6.07, 6.45) is 0. The predicted molar refractivity (Wildman–Crippen MR) is 92.2 cm³/mol. The van der Waals surface area contributed by atoms with Gasteiger partial charge in [0.25, 0.3) is 0 Å². The van der Waals surface area contributed by atoms with Gasteiger partial charge in [0.05, 0.1) is 17.2 Å². The molecule has 126 valence electrons. The lowest BCUT2D eigenvalue weighted by atomic mass is 10.3. The molecule has 1 saturated heterocycles. The number of nitrogens with zero attached hydrogens (tertiary/aromatic N) is 1. The maximum atomic E-state index is 12.3. The van der Waals surface area contributed by atoms with Crippen LogP contribution >= 0.6 is 0 Å². The van der Waals surface area contributed by atoms with Crippen molar-refractivity contribution in [2.45, 2.75) is 0 Å². The van der Waals surface area contributed by atoms with Crippen LogP contribution in [0.2, 0.25) is 0 Å². The van der Waals surface area contributed by atoms with E-state index in [1.165, 1.54) is 4.90 Å². The van der Waals surface area contributed by atoms with Crippen LogP contribution < -0.4 is 10.1 Å². The van der Waals surface area contributed by atoms with Crippen molar-refractivity contribution >= 4 is 21.6 Å². The molecule has 1 heterocycles. The first kappa shape index (κ1) is 16.3. The van der Waals surface area contributed by atoms with Crippen LogP contribution in [0.25, 0.3) is 0 Å². The second-order valence-electron chi connectivity index (χ2n) is 5.48. The second kappa shape index (κ2) is 6.92. The number of rotatable bonds is 3. The average molecular weight is 346 g/mol. The van der Waals surface area contributed by atoms with Crippen LogP contribution in [0.1, 0.15) is 0 Å². The molecule has 2 amide bonds. The first-order valence-corrected chi connectivity index (χ1v) is 9.44. The normalized spacial score (nSPS) is 16.4. The van der Waals surface area contributed by atoms with E-state index >= 15 is 0 Å². The zero-order chi connectivity index (χ0) is 17.0. The fraction of sp³-hybridized carbons (Fsp3) is 0.235. The lowest BCUT2D eigenvalue weighted by Crippen LogP contribution is -2.45. The van der Waals surface area contributed by atoms with E-state index in [0.717, 1.165) is 0 Å². The molecule has 1 aliphatic heterocycles. The maximum Gasteiger partial charge on any atom is 0.322 e. The molecule has 0 spiro atoms. The van der Waals surface area contributed by atoms with E-state index in [4.69, 9.17) is 4.74 Å². The van der Waals surface area contributed by atoms with Gasteiger partial charge in [-0.05, 0) is 24.3 Å². The Bertz CT molecular complexity index is 807. The zero-order valence-corrected chi connectivity index (χ0v) is 13.8. The number of carbonyl (C=O) groups is 1. The van der Waals surface area contributed by atoms with Crippen LogP contribution in [0.15, 0.2) is 54.6 Å². The first-order valence-electron chi connectivity index (χ1n) is 7.62. The largest absolute Gasteiger partial charge is 0.455 e. The van der Waals surface area contributed by atoms with Crippen LogP contribution in [0, 0.1) is 0 Å². The molecule has 1 aliphatic rings. The lowest BCUT2D eigenvalue weighted by Gasteiger charge is -2.27. The summed E-state index contributed by atoms with van der Waals surface area (Å²) in [6, 6.07) is 16.1. The standard InChI is InChI=1S/C17H18N2O4S/c20-17(19-10-12-24(21,22)13-11-19)18-15-8-4-5-9-16(15)23-14-6-2-1-3-7-14/h1-9H,10-13H2,(H,18,20). The van der Waals surface area contributed by atoms with E-state index in [2.05, 4.69) is 5.32 Å². The number of carbonyl (C=O) groups excluding carboxylic acids is 1. The molecule has 0 saturated carbocycles. The highest BCUT2D eigenvalue weighted by molar-refractivity contribution is 7.91. The number of hydrogen-bond acceptors (Lipinski definition) is 4. The quantitative estimate of drug-likeness (QED) is 0.927. The van der Waals surface area contributed by atoms with Gasteiger partial charge in [-0.15, -0.1) is 0 Å². The van der Waals surface area contributed by atoms with Crippen molar-refractivity contribution in [3.63, 3.8) is 0 Å². The Labute approximate surface area is 141 Å². The van der Waals surface area contributed by atoms with Crippen LogP contribution in [0.5, 0.6) is 11.5 Å². The van der Waals surface area contributed by atoms with Gasteiger partial charge < -0.3 is 15.0 Å². The molecular weight excluding hydrogens is 328 g/mol. The Kier molecular flexibility index (Phi) is 4.71. The minimum atomic E-state index is -3.02. The summed E-state index contributed by atoms with van der Waals surface area (Å²) in [5, 5.41) is 2.80. The molecule has 6 nitrogen and oxygen atoms in total. The van der Waals surface area contributed by atoms with Crippen molar-refractivity contribution in [2.24, 2.45) is 0 Å². The number of nitrogens with one attached hydrogen (secondary N) is 1. The Morgan fingerprint density at radius 3 is 2.29 bits per heavy atom. The highest BCUT2D eigenvalue weighted by atomic mass is 32.2. The van der Waals surface area contributed by atoms with Gasteiger partial charge in [0.2, 0.25) is 0 Å². The zero-order valence-electron chi connectivity index (χ0n) is 13.0. The number of sulfone groups is 1. The number of anilines is 1. The van der Waals surface area contributed by atoms with Crippen molar-refractivity contribution in [1.29, 1.82) is 0 Å². The van der Waals surface area contributed by atoms with Gasteiger partial charge in [-0.25, -0.2) is 13.2 Å². The number of benzene rings is 2. The topological polar surface area (TPSA) is 75.7 Å². The third-order valence-corrected chi connectivity index (χ3v) is 5.34. The van der Waals surface area contributed by atoms with E-state index in [0.29, 0.717) is 17.2 Å². The third-order valence-electron chi connectivity index (χ3n) is 3.73. The van der Waals surface area contributed by atoms with E-state index in [1.54, 1.807) is 18.2 Å². The van der Waals surface area contributed by atoms with Crippen LogP contribution in [-0.2, 0) is 9.84 Å². The number of amides is 2. The van der Waals surface area contributed by atoms with Gasteiger partial charge in [0.1, 0.15) is 5.75 Å². The van der Waals surface area contributed by atoms with E-state index in [9.17, 15) is 13.2 Å². The van der Waals surface area contributed by atoms with Gasteiger partial charge in [0.15, 0.2) is 15.6 Å². The summed E-state index contributed by atoms with van der Waals surface area (Å²) >= 11 is 0. The van der Waals surface area contributed by atoms with Gasteiger partial charge in [-0.2, -0.15) is 0 Å². The maximum absolute atomic E-state index is 12.3. The smallest absolute Gasteiger partial charge is 0.322 e. The molecule has 0 aromatic heterocycles. The molecular formula is C17H18N2O4S. The molecule has 1 fully saturated rings. The van der Waals surface area contributed by atoms with Crippen molar-refractivity contribution in [1.82, 2.24) is 4.90 Å². The molecule has 24 heavy (non-hydrogen) atoms. The molecule has 3 rings (SSSR count). The molecule has 0 radical (unpaired) electrons. The summed E-state index contributed by atoms with van der Waals surface area (Å²) in [7, 11) is -3.02. The molecule has 0 atom stereocenters. The Morgan fingerprint density at radius 2 is 1.58 bits per heavy atom. The monoisotopic (exact) mass is 346 g/mol. The van der Waals surface area contributed by atoms with Gasteiger partial charge in [-0.1, -0.05) is 30.3 Å². The van der Waals surface area contributed by atoms with E-state index in [-0.39, 0.29) is 30.6 Å². The van der Waals surface area contributed by atoms with E-state index < -0.39 is 9.84 Å². The Balaban J connectivity index is 1.70. The van der Waals surface area contributed by atoms with Crippen molar-refractivity contribution in [3.8, 4) is 11.5 Å². The van der Waals surface area contributed by atoms with Crippen LogP contribution in [-0.4, -0.2) is 43.9 Å². The van der Waals surface area contributed by atoms with Crippen LogP contribution in [0.4, 0.5) is 10.5 Å². The van der Waals surface area contributed by atoms with Crippen molar-refractivity contribution in [3.05, 3.63) is 54.6 Å². The molecule has 0 unspecified atom stereocenters.